The highest BCUT2D eigenvalue weighted by atomic mass is 16.4. The molecule has 118 valence electrons. The van der Waals surface area contributed by atoms with Crippen LogP contribution in [-0.4, -0.2) is 23.0 Å². The molecule has 0 radical (unpaired) electrons. The number of carboxylic acids is 1. The number of nitrogens with one attached hydrogen (secondary N) is 1. The van der Waals surface area contributed by atoms with Gasteiger partial charge in [-0.05, 0) is 42.6 Å². The van der Waals surface area contributed by atoms with Crippen molar-refractivity contribution in [1.29, 1.82) is 0 Å². The monoisotopic (exact) mass is 301 g/mol. The summed E-state index contributed by atoms with van der Waals surface area (Å²) in [4.78, 5) is 23.2. The molecule has 2 N–H and O–H groups in total. The molecule has 0 heterocycles. The highest BCUT2D eigenvalue weighted by molar-refractivity contribution is 5.83. The average Bonchev–Trinajstić information content (AvgIpc) is 3.26. The van der Waals surface area contributed by atoms with E-state index in [0.717, 1.165) is 25.7 Å². The molecule has 22 heavy (non-hydrogen) atoms. The van der Waals surface area contributed by atoms with Gasteiger partial charge in [0.05, 0.1) is 0 Å². The molecule has 1 amide bonds. The van der Waals surface area contributed by atoms with E-state index in [-0.39, 0.29) is 5.91 Å². The van der Waals surface area contributed by atoms with Gasteiger partial charge in [-0.1, -0.05) is 43.2 Å². The lowest BCUT2D eigenvalue weighted by atomic mass is 9.70. The van der Waals surface area contributed by atoms with E-state index in [9.17, 15) is 14.7 Å². The molecule has 4 nitrogen and oxygen atoms in total. The standard InChI is InChI=1S/C18H23NO3/c20-17(19-16(18(21)22)10-12-6-7-12)11-13-8-15(9-13)14-4-2-1-3-5-14/h1-5,12-13,15-16H,6-11H2,(H,19,20)(H,21,22). The molecule has 3 rings (SSSR count). The molecule has 0 saturated heterocycles. The first-order valence-electron chi connectivity index (χ1n) is 8.19. The van der Waals surface area contributed by atoms with Crippen LogP contribution in [0.3, 0.4) is 0 Å². The summed E-state index contributed by atoms with van der Waals surface area (Å²) in [6.07, 6.45) is 5.29. The van der Waals surface area contributed by atoms with E-state index < -0.39 is 12.0 Å². The second-order valence-corrected chi connectivity index (χ2v) is 6.79. The van der Waals surface area contributed by atoms with Gasteiger partial charge in [0.2, 0.25) is 5.91 Å². The molecule has 4 heteroatoms. The van der Waals surface area contributed by atoms with Gasteiger partial charge in [0.1, 0.15) is 6.04 Å². The summed E-state index contributed by atoms with van der Waals surface area (Å²) in [5, 5.41) is 11.9. The summed E-state index contributed by atoms with van der Waals surface area (Å²) in [6, 6.07) is 9.67. The SMILES string of the molecule is O=C(CC1CC(c2ccccc2)C1)NC(CC1CC1)C(=O)O. The summed E-state index contributed by atoms with van der Waals surface area (Å²) in [6.45, 7) is 0. The van der Waals surface area contributed by atoms with Crippen molar-refractivity contribution in [3.05, 3.63) is 35.9 Å². The molecule has 0 bridgehead atoms. The predicted molar refractivity (Wildman–Crippen MR) is 83.4 cm³/mol. The third-order valence-electron chi connectivity index (χ3n) is 4.88. The molecular formula is C18H23NO3. The zero-order valence-electron chi connectivity index (χ0n) is 12.7. The van der Waals surface area contributed by atoms with E-state index in [1.54, 1.807) is 0 Å². The number of carbonyl (C=O) groups is 2. The van der Waals surface area contributed by atoms with Crippen LogP contribution < -0.4 is 5.32 Å². The topological polar surface area (TPSA) is 66.4 Å². The van der Waals surface area contributed by atoms with Crippen LogP contribution in [0.1, 0.15) is 50.0 Å². The summed E-state index contributed by atoms with van der Waals surface area (Å²) >= 11 is 0. The van der Waals surface area contributed by atoms with Gasteiger partial charge in [0, 0.05) is 6.42 Å². The van der Waals surface area contributed by atoms with Crippen molar-refractivity contribution in [2.45, 2.75) is 50.5 Å². The minimum absolute atomic E-state index is 0.107. The largest absolute Gasteiger partial charge is 0.480 e. The Morgan fingerprint density at radius 3 is 2.41 bits per heavy atom. The maximum Gasteiger partial charge on any atom is 0.326 e. The molecule has 1 unspecified atom stereocenters. The Bertz CT molecular complexity index is 533. The quantitative estimate of drug-likeness (QED) is 0.813. The molecule has 2 aliphatic carbocycles. The van der Waals surface area contributed by atoms with Gasteiger partial charge in [-0.3, -0.25) is 4.79 Å². The van der Waals surface area contributed by atoms with Gasteiger partial charge in [-0.15, -0.1) is 0 Å². The van der Waals surface area contributed by atoms with E-state index in [4.69, 9.17) is 0 Å². The lowest BCUT2D eigenvalue weighted by Gasteiger charge is -2.35. The number of amides is 1. The van der Waals surface area contributed by atoms with Gasteiger partial charge in [-0.2, -0.15) is 0 Å². The number of rotatable bonds is 7. The van der Waals surface area contributed by atoms with E-state index in [1.165, 1.54) is 5.56 Å². The molecule has 1 aromatic rings. The highest BCUT2D eigenvalue weighted by Crippen LogP contribution is 2.43. The van der Waals surface area contributed by atoms with Crippen molar-refractivity contribution < 1.29 is 14.7 Å². The summed E-state index contributed by atoms with van der Waals surface area (Å²) < 4.78 is 0. The number of carbonyl (C=O) groups excluding carboxylic acids is 1. The first kappa shape index (κ1) is 15.1. The normalized spacial score (nSPS) is 25.1. The zero-order chi connectivity index (χ0) is 15.5. The van der Waals surface area contributed by atoms with Crippen molar-refractivity contribution in [2.24, 2.45) is 11.8 Å². The van der Waals surface area contributed by atoms with Gasteiger partial charge in [-0.25, -0.2) is 4.79 Å². The van der Waals surface area contributed by atoms with Crippen molar-refractivity contribution in [2.75, 3.05) is 0 Å². The zero-order valence-corrected chi connectivity index (χ0v) is 12.7. The third-order valence-corrected chi connectivity index (χ3v) is 4.88. The number of hydrogen-bond acceptors (Lipinski definition) is 2. The van der Waals surface area contributed by atoms with Gasteiger partial charge < -0.3 is 10.4 Å². The second-order valence-electron chi connectivity index (χ2n) is 6.79. The number of hydrogen-bond donors (Lipinski definition) is 2. The van der Waals surface area contributed by atoms with Crippen LogP contribution in [0.15, 0.2) is 30.3 Å². The molecule has 0 spiro atoms. The number of aliphatic carboxylic acids is 1. The lowest BCUT2D eigenvalue weighted by Crippen LogP contribution is -2.42. The molecule has 0 aliphatic heterocycles. The molecule has 0 aromatic heterocycles. The molecule has 1 aromatic carbocycles. The minimum Gasteiger partial charge on any atom is -0.480 e. The van der Waals surface area contributed by atoms with E-state index in [2.05, 4.69) is 17.4 Å². The maximum absolute atomic E-state index is 12.0. The van der Waals surface area contributed by atoms with Crippen LogP contribution in [0.5, 0.6) is 0 Å². The smallest absolute Gasteiger partial charge is 0.326 e. The van der Waals surface area contributed by atoms with E-state index in [0.29, 0.717) is 30.6 Å². The van der Waals surface area contributed by atoms with Crippen LogP contribution >= 0.6 is 0 Å². The van der Waals surface area contributed by atoms with Crippen LogP contribution in [0.4, 0.5) is 0 Å². The van der Waals surface area contributed by atoms with Crippen molar-refractivity contribution >= 4 is 11.9 Å². The Hall–Kier alpha value is -1.84. The Morgan fingerprint density at radius 1 is 1.14 bits per heavy atom. The van der Waals surface area contributed by atoms with E-state index in [1.807, 2.05) is 18.2 Å². The van der Waals surface area contributed by atoms with Gasteiger partial charge in [0.15, 0.2) is 0 Å². The van der Waals surface area contributed by atoms with Gasteiger partial charge >= 0.3 is 5.97 Å². The Kier molecular flexibility index (Phi) is 4.46. The molecule has 1 atom stereocenters. The number of benzene rings is 1. The van der Waals surface area contributed by atoms with Crippen molar-refractivity contribution in [3.63, 3.8) is 0 Å². The third kappa shape index (κ3) is 3.87. The minimum atomic E-state index is -0.906. The molecule has 2 fully saturated rings. The van der Waals surface area contributed by atoms with Crippen molar-refractivity contribution in [3.8, 4) is 0 Å². The van der Waals surface area contributed by atoms with E-state index >= 15 is 0 Å². The van der Waals surface area contributed by atoms with Gasteiger partial charge in [0.25, 0.3) is 0 Å². The molecule has 2 aliphatic rings. The lowest BCUT2D eigenvalue weighted by molar-refractivity contribution is -0.142. The number of carboxylic acid groups (broad SMARTS) is 1. The van der Waals surface area contributed by atoms with Crippen LogP contribution in [0.25, 0.3) is 0 Å². The van der Waals surface area contributed by atoms with Crippen LogP contribution in [0.2, 0.25) is 0 Å². The fourth-order valence-electron chi connectivity index (χ4n) is 3.32. The van der Waals surface area contributed by atoms with Crippen LogP contribution in [-0.2, 0) is 9.59 Å². The first-order valence-corrected chi connectivity index (χ1v) is 8.19. The fraction of sp³-hybridized carbons (Fsp3) is 0.556. The molecule has 2 saturated carbocycles. The maximum atomic E-state index is 12.0. The summed E-state index contributed by atoms with van der Waals surface area (Å²) in [7, 11) is 0. The summed E-state index contributed by atoms with van der Waals surface area (Å²) in [5.41, 5.74) is 1.34. The van der Waals surface area contributed by atoms with Crippen molar-refractivity contribution in [1.82, 2.24) is 5.32 Å². The fourth-order valence-corrected chi connectivity index (χ4v) is 3.32. The summed E-state index contributed by atoms with van der Waals surface area (Å²) in [5.74, 6) is 0.425. The highest BCUT2D eigenvalue weighted by Gasteiger charge is 2.34. The first-order chi connectivity index (χ1) is 10.6. The van der Waals surface area contributed by atoms with Crippen LogP contribution in [0, 0.1) is 11.8 Å². The predicted octanol–water partition coefficient (Wildman–Crippen LogP) is 2.94. The molecular weight excluding hydrogens is 278 g/mol. The average molecular weight is 301 g/mol. The Balaban J connectivity index is 1.42. The Morgan fingerprint density at radius 2 is 1.82 bits per heavy atom. The Labute approximate surface area is 130 Å². The second kappa shape index (κ2) is 6.51.